The highest BCUT2D eigenvalue weighted by Crippen LogP contribution is 2.42. The van der Waals surface area contributed by atoms with Crippen molar-refractivity contribution in [2.45, 2.75) is 13.3 Å². The minimum atomic E-state index is 0.300. The van der Waals surface area contributed by atoms with Crippen LogP contribution in [0.5, 0.6) is 11.5 Å². The lowest BCUT2D eigenvalue weighted by atomic mass is 9.95. The predicted molar refractivity (Wildman–Crippen MR) is 80.3 cm³/mol. The summed E-state index contributed by atoms with van der Waals surface area (Å²) in [6.45, 7) is 2.10. The van der Waals surface area contributed by atoms with Gasteiger partial charge in [0.2, 0.25) is 0 Å². The van der Waals surface area contributed by atoms with Crippen LogP contribution in [0.1, 0.15) is 16.7 Å². The van der Waals surface area contributed by atoms with Crippen LogP contribution in [0.15, 0.2) is 42.5 Å². The van der Waals surface area contributed by atoms with Gasteiger partial charge in [-0.3, -0.25) is 0 Å². The molecule has 4 rings (SSSR count). The molecule has 1 aliphatic rings. The lowest BCUT2D eigenvalue weighted by Crippen LogP contribution is -1.89. The molecular formula is C18H14O2. The summed E-state index contributed by atoms with van der Waals surface area (Å²) in [7, 11) is 0. The Balaban J connectivity index is 2.07. The molecule has 0 spiro atoms. The first kappa shape index (κ1) is 11.4. The predicted octanol–water partition coefficient (Wildman–Crippen LogP) is 4.13. The summed E-state index contributed by atoms with van der Waals surface area (Å²) in [5, 5.41) is 21.6. The summed E-state index contributed by atoms with van der Waals surface area (Å²) in [5.41, 5.74) is 6.13. The minimum absolute atomic E-state index is 0.300. The van der Waals surface area contributed by atoms with Crippen molar-refractivity contribution in [3.05, 3.63) is 59.2 Å². The van der Waals surface area contributed by atoms with E-state index in [4.69, 9.17) is 0 Å². The number of benzene rings is 3. The van der Waals surface area contributed by atoms with E-state index in [-0.39, 0.29) is 0 Å². The highest BCUT2D eigenvalue weighted by atomic mass is 16.3. The Kier molecular flexibility index (Phi) is 2.14. The SMILES string of the molecule is Cc1c2c(cc3ccc(O)cc13)-c1ccc(O)cc1C2. The molecule has 3 aromatic carbocycles. The van der Waals surface area contributed by atoms with Crippen LogP contribution in [-0.4, -0.2) is 10.2 Å². The number of aryl methyl sites for hydroxylation is 1. The molecule has 2 heteroatoms. The zero-order valence-corrected chi connectivity index (χ0v) is 11.1. The molecule has 0 bridgehead atoms. The number of fused-ring (bicyclic) bond motifs is 4. The summed E-state index contributed by atoms with van der Waals surface area (Å²) in [5.74, 6) is 0.616. The van der Waals surface area contributed by atoms with Crippen LogP contribution in [0, 0.1) is 6.92 Å². The largest absolute Gasteiger partial charge is 0.508 e. The standard InChI is InChI=1S/C18H14O2/c1-10-16-9-14(20)3-2-11(16)7-18-15-5-4-13(19)6-12(15)8-17(10)18/h2-7,9,19-20H,8H2,1H3. The highest BCUT2D eigenvalue weighted by molar-refractivity contribution is 5.95. The zero-order valence-electron chi connectivity index (χ0n) is 11.1. The number of hydrogen-bond donors (Lipinski definition) is 2. The highest BCUT2D eigenvalue weighted by Gasteiger charge is 2.22. The number of phenolic OH excluding ortho intramolecular Hbond substituents is 2. The molecule has 0 fully saturated rings. The van der Waals surface area contributed by atoms with Crippen molar-refractivity contribution in [2.75, 3.05) is 0 Å². The Hall–Kier alpha value is -2.48. The molecular weight excluding hydrogens is 248 g/mol. The molecule has 0 amide bonds. The quantitative estimate of drug-likeness (QED) is 0.500. The molecule has 1 aliphatic carbocycles. The normalized spacial score (nSPS) is 12.4. The zero-order chi connectivity index (χ0) is 13.9. The van der Waals surface area contributed by atoms with Crippen molar-refractivity contribution in [3.63, 3.8) is 0 Å². The van der Waals surface area contributed by atoms with Crippen molar-refractivity contribution in [1.29, 1.82) is 0 Å². The summed E-state index contributed by atoms with van der Waals surface area (Å²) in [4.78, 5) is 0. The molecule has 0 atom stereocenters. The van der Waals surface area contributed by atoms with Crippen molar-refractivity contribution in [1.82, 2.24) is 0 Å². The van der Waals surface area contributed by atoms with Crippen molar-refractivity contribution in [3.8, 4) is 22.6 Å². The minimum Gasteiger partial charge on any atom is -0.508 e. The molecule has 0 aromatic heterocycles. The molecule has 3 aromatic rings. The first-order valence-electron chi connectivity index (χ1n) is 6.71. The molecule has 0 saturated heterocycles. The molecule has 98 valence electrons. The topological polar surface area (TPSA) is 40.5 Å². The van der Waals surface area contributed by atoms with Crippen LogP contribution in [0.2, 0.25) is 0 Å². The van der Waals surface area contributed by atoms with Gasteiger partial charge in [0.25, 0.3) is 0 Å². The van der Waals surface area contributed by atoms with Gasteiger partial charge in [-0.1, -0.05) is 12.1 Å². The lowest BCUT2D eigenvalue weighted by Gasteiger charge is -2.10. The summed E-state index contributed by atoms with van der Waals surface area (Å²) in [6, 6.07) is 13.3. The number of phenols is 2. The third-order valence-corrected chi connectivity index (χ3v) is 4.26. The van der Waals surface area contributed by atoms with E-state index in [1.165, 1.54) is 27.8 Å². The van der Waals surface area contributed by atoms with Crippen molar-refractivity contribution in [2.24, 2.45) is 0 Å². The first-order chi connectivity index (χ1) is 9.63. The molecule has 20 heavy (non-hydrogen) atoms. The lowest BCUT2D eigenvalue weighted by molar-refractivity contribution is 0.474. The second kappa shape index (κ2) is 3.76. The fourth-order valence-corrected chi connectivity index (χ4v) is 3.25. The van der Waals surface area contributed by atoms with Crippen LogP contribution < -0.4 is 0 Å². The second-order valence-electron chi connectivity index (χ2n) is 5.45. The van der Waals surface area contributed by atoms with Crippen LogP contribution in [0.4, 0.5) is 0 Å². The van der Waals surface area contributed by atoms with Gasteiger partial charge in [0.05, 0.1) is 0 Å². The average molecular weight is 262 g/mol. The van der Waals surface area contributed by atoms with Crippen LogP contribution >= 0.6 is 0 Å². The van der Waals surface area contributed by atoms with E-state index in [9.17, 15) is 10.2 Å². The van der Waals surface area contributed by atoms with Crippen LogP contribution in [0.3, 0.4) is 0 Å². The summed E-state index contributed by atoms with van der Waals surface area (Å²) < 4.78 is 0. The van der Waals surface area contributed by atoms with Crippen LogP contribution in [-0.2, 0) is 6.42 Å². The molecule has 0 aliphatic heterocycles. The first-order valence-corrected chi connectivity index (χ1v) is 6.71. The number of rotatable bonds is 0. The van der Waals surface area contributed by atoms with E-state index in [0.29, 0.717) is 11.5 Å². The van der Waals surface area contributed by atoms with Gasteiger partial charge in [0.15, 0.2) is 0 Å². The fourth-order valence-electron chi connectivity index (χ4n) is 3.25. The molecule has 0 unspecified atom stereocenters. The Morgan fingerprint density at radius 1 is 0.850 bits per heavy atom. The van der Waals surface area contributed by atoms with Crippen molar-refractivity contribution < 1.29 is 10.2 Å². The Bertz CT molecular complexity index is 863. The van der Waals surface area contributed by atoms with Gasteiger partial charge in [-0.2, -0.15) is 0 Å². The van der Waals surface area contributed by atoms with E-state index in [1.807, 2.05) is 24.3 Å². The maximum absolute atomic E-state index is 9.68. The molecule has 0 saturated carbocycles. The van der Waals surface area contributed by atoms with Gasteiger partial charge >= 0.3 is 0 Å². The summed E-state index contributed by atoms with van der Waals surface area (Å²) in [6.07, 6.45) is 0.844. The van der Waals surface area contributed by atoms with E-state index in [2.05, 4.69) is 13.0 Å². The fraction of sp³-hybridized carbons (Fsp3) is 0.111. The van der Waals surface area contributed by atoms with Gasteiger partial charge in [0, 0.05) is 0 Å². The second-order valence-corrected chi connectivity index (χ2v) is 5.45. The summed E-state index contributed by atoms with van der Waals surface area (Å²) >= 11 is 0. The van der Waals surface area contributed by atoms with E-state index < -0.39 is 0 Å². The smallest absolute Gasteiger partial charge is 0.116 e. The third-order valence-electron chi connectivity index (χ3n) is 4.26. The van der Waals surface area contributed by atoms with Gasteiger partial charge in [-0.05, 0) is 82.3 Å². The third kappa shape index (κ3) is 1.45. The van der Waals surface area contributed by atoms with E-state index in [0.717, 1.165) is 17.2 Å². The molecule has 2 N–H and O–H groups in total. The van der Waals surface area contributed by atoms with E-state index >= 15 is 0 Å². The molecule has 2 nitrogen and oxygen atoms in total. The number of aromatic hydroxyl groups is 2. The molecule has 0 heterocycles. The van der Waals surface area contributed by atoms with Gasteiger partial charge in [-0.15, -0.1) is 0 Å². The van der Waals surface area contributed by atoms with Gasteiger partial charge < -0.3 is 10.2 Å². The maximum Gasteiger partial charge on any atom is 0.116 e. The average Bonchev–Trinajstić information content (AvgIpc) is 2.78. The Labute approximate surface area is 116 Å². The Morgan fingerprint density at radius 2 is 1.60 bits per heavy atom. The van der Waals surface area contributed by atoms with E-state index in [1.54, 1.807) is 12.1 Å². The number of hydrogen-bond acceptors (Lipinski definition) is 2. The van der Waals surface area contributed by atoms with Crippen molar-refractivity contribution >= 4 is 10.8 Å². The van der Waals surface area contributed by atoms with Gasteiger partial charge in [0.1, 0.15) is 11.5 Å². The van der Waals surface area contributed by atoms with Gasteiger partial charge in [-0.25, -0.2) is 0 Å². The molecule has 0 radical (unpaired) electrons. The maximum atomic E-state index is 9.68. The van der Waals surface area contributed by atoms with Crippen LogP contribution in [0.25, 0.3) is 21.9 Å². The Morgan fingerprint density at radius 3 is 2.45 bits per heavy atom. The monoisotopic (exact) mass is 262 g/mol.